The van der Waals surface area contributed by atoms with Gasteiger partial charge in [-0.15, -0.1) is 0 Å². The molecule has 3 rings (SSSR count). The maximum atomic E-state index is 11.5. The van der Waals surface area contributed by atoms with Crippen LogP contribution in [0.1, 0.15) is 34.4 Å². The van der Waals surface area contributed by atoms with E-state index in [1.807, 2.05) is 5.32 Å². The fourth-order valence-corrected chi connectivity index (χ4v) is 1.69. The fraction of sp³-hybridized carbons (Fsp3) is 0.438. The molecule has 1 amide bonds. The summed E-state index contributed by atoms with van der Waals surface area (Å²) in [5.41, 5.74) is -2.70. The van der Waals surface area contributed by atoms with Gasteiger partial charge < -0.3 is 19.9 Å². The van der Waals surface area contributed by atoms with Gasteiger partial charge in [0.05, 0.1) is 12.9 Å². The van der Waals surface area contributed by atoms with E-state index >= 15 is 0 Å². The Morgan fingerprint density at radius 3 is 3.29 bits per heavy atom. The predicted molar refractivity (Wildman–Crippen MR) is 82.5 cm³/mol. The molecule has 0 saturated carbocycles. The van der Waals surface area contributed by atoms with Crippen molar-refractivity contribution in [1.29, 1.82) is 0 Å². The summed E-state index contributed by atoms with van der Waals surface area (Å²) in [5, 5.41) is 1.09. The molecule has 21 heavy (non-hydrogen) atoms. The third-order valence-electron chi connectivity index (χ3n) is 2.54. The van der Waals surface area contributed by atoms with E-state index in [1.54, 1.807) is 0 Å². The van der Waals surface area contributed by atoms with Gasteiger partial charge in [0, 0.05) is 40.0 Å². The zero-order chi connectivity index (χ0) is 29.6. The number of carbonyl (C=O) groups excluding carboxylic acids is 1. The van der Waals surface area contributed by atoms with Crippen LogP contribution in [0.25, 0.3) is 10.9 Å². The second kappa shape index (κ2) is 5.77. The molecule has 1 fully saturated rings. The summed E-state index contributed by atoms with van der Waals surface area (Å²) in [6.45, 7) is -12.2. The Kier molecular flexibility index (Phi) is 1.17. The van der Waals surface area contributed by atoms with E-state index in [1.165, 1.54) is 0 Å². The van der Waals surface area contributed by atoms with E-state index in [2.05, 4.69) is 9.72 Å². The first kappa shape index (κ1) is 4.26. The second-order valence-corrected chi connectivity index (χ2v) is 4.00. The average molecular weight is 304 g/mol. The fourth-order valence-electron chi connectivity index (χ4n) is 1.69. The molecule has 1 aliphatic heterocycles. The van der Waals surface area contributed by atoms with E-state index in [0.29, 0.717) is 0 Å². The van der Waals surface area contributed by atoms with E-state index in [0.717, 1.165) is 0 Å². The topological polar surface area (TPSA) is 57.4 Å². The van der Waals surface area contributed by atoms with E-state index in [9.17, 15) is 4.79 Å². The minimum absolute atomic E-state index is 0.584. The van der Waals surface area contributed by atoms with Gasteiger partial charge in [-0.2, -0.15) is 0 Å². The molecule has 0 unspecified atom stereocenters. The first-order valence-corrected chi connectivity index (χ1v) is 5.72. The highest BCUT2D eigenvalue weighted by molar-refractivity contribution is 5.84. The summed E-state index contributed by atoms with van der Waals surface area (Å²) in [4.78, 5) is 13.1. The first-order chi connectivity index (χ1) is 16.8. The van der Waals surface area contributed by atoms with Crippen LogP contribution >= 0.6 is 0 Å². The van der Waals surface area contributed by atoms with Gasteiger partial charge in [0.15, 0.2) is 0 Å². The highest BCUT2D eigenvalue weighted by atomic mass is 16.6. The number of likely N-dealkylation sites (N-methyl/N-ethyl adjacent to an activating group) is 1. The molecule has 0 aliphatic carbocycles. The first-order valence-electron chi connectivity index (χ1n) is 14.2. The van der Waals surface area contributed by atoms with Crippen molar-refractivity contribution < 1.29 is 32.8 Å². The number of nitrogens with zero attached hydrogens (tertiary/aromatic N) is 1. The summed E-state index contributed by atoms with van der Waals surface area (Å²) < 4.78 is 142. The molecule has 112 valence electrons. The summed E-state index contributed by atoms with van der Waals surface area (Å²) in [6.07, 6.45) is -9.01. The largest absolute Gasteiger partial charge is 0.447 e. The average Bonchev–Trinajstić information content (AvgIpc) is 3.24. The number of nitrogens with one attached hydrogen (secondary N) is 2. The second-order valence-electron chi connectivity index (χ2n) is 4.00. The van der Waals surface area contributed by atoms with Gasteiger partial charge in [0.2, 0.25) is 0 Å². The number of hydrogen-bond acceptors (Lipinski definition) is 3. The highest BCUT2D eigenvalue weighted by Crippen LogP contribution is 2.21. The number of amides is 1. The minimum atomic E-state index is -3.91. The highest BCUT2D eigenvalue weighted by Gasteiger charge is 2.22. The Labute approximate surface area is 148 Å². The summed E-state index contributed by atoms with van der Waals surface area (Å²) in [5.74, 6) is 0. The maximum Gasteiger partial charge on any atom is 0.407 e. The quantitative estimate of drug-likeness (QED) is 0.887. The van der Waals surface area contributed by atoms with Crippen LogP contribution < -0.4 is 5.32 Å². The Morgan fingerprint density at radius 2 is 2.52 bits per heavy atom. The van der Waals surface area contributed by atoms with Gasteiger partial charge in [-0.25, -0.2) is 4.79 Å². The molecule has 5 nitrogen and oxygen atoms in total. The van der Waals surface area contributed by atoms with Crippen LogP contribution in [0.2, 0.25) is 0 Å². The molecule has 2 aromatic rings. The Hall–Kier alpha value is -2.01. The number of benzene rings is 1. The van der Waals surface area contributed by atoms with E-state index in [4.69, 9.17) is 23.3 Å². The molecule has 0 radical (unpaired) electrons. The van der Waals surface area contributed by atoms with Crippen LogP contribution in [0.4, 0.5) is 4.79 Å². The van der Waals surface area contributed by atoms with Gasteiger partial charge in [-0.3, -0.25) is 0 Å². The van der Waals surface area contributed by atoms with Crippen LogP contribution in [0.3, 0.4) is 0 Å². The molecule has 2 N–H and O–H groups in total. The summed E-state index contributed by atoms with van der Waals surface area (Å²) in [6, 6.07) is -5.53. The molecule has 1 saturated heterocycles. The number of alkyl carbamates (subject to hydrolysis) is 1. The van der Waals surface area contributed by atoms with E-state index in [-0.39, 0.29) is 0 Å². The Bertz CT molecular complexity index is 1280. The summed E-state index contributed by atoms with van der Waals surface area (Å²) in [7, 11) is 0. The standard InChI is InChI=1S/C16H21N3O2/c1-19(2)6-5-12-9-17-15-4-3-11(8-14(12)15)7-13-10-21-16(20)18-13/h3-4,8-9,13,17H,5-7,10H2,1-2H3,(H,18,20)/t13-/m0/s1/i1D3,2D3,3D,4D,5D2,6D2,7D2,8D,9D,13D. The lowest BCUT2D eigenvalue weighted by molar-refractivity contribution is 0.177. The molecule has 1 aromatic heterocycles. The van der Waals surface area contributed by atoms with Gasteiger partial charge in [0.25, 0.3) is 0 Å². The number of cyclic esters (lactones) is 1. The monoisotopic (exact) mass is 304 g/mol. The number of aryl methyl sites for hydroxylation is 1. The van der Waals surface area contributed by atoms with Crippen LogP contribution in [0, 0.1) is 0 Å². The molecule has 2 heterocycles. The normalized spacial score (nSPS) is 36.8. The van der Waals surface area contributed by atoms with Crippen LogP contribution in [0.5, 0.6) is 0 Å². The van der Waals surface area contributed by atoms with Crippen LogP contribution in [-0.2, 0) is 17.5 Å². The number of rotatable bonds is 5. The molecular weight excluding hydrogens is 266 g/mol. The number of aromatic nitrogens is 1. The number of fused-ring (bicyclic) bond motifs is 1. The SMILES string of the molecule is [2H]c1[nH]c2c([2H])c([2H])c(C([2H])([2H])[C@@]3([2H])COC(=O)N3)c([2H])c2c1C([2H])([2H])C([2H])([2H])N(C([2H])([2H])[2H])C([2H])([2H])[2H]. The third kappa shape index (κ3) is 3.19. The third-order valence-corrected chi connectivity index (χ3v) is 2.54. The Morgan fingerprint density at radius 1 is 1.62 bits per heavy atom. The van der Waals surface area contributed by atoms with E-state index < -0.39 is 103 Å². The zero-order valence-electron chi connectivity index (χ0n) is 27.5. The molecule has 1 aromatic carbocycles. The van der Waals surface area contributed by atoms with Crippen molar-refractivity contribution in [2.45, 2.75) is 18.8 Å². The van der Waals surface area contributed by atoms with Gasteiger partial charge in [-0.1, -0.05) is 6.04 Å². The van der Waals surface area contributed by atoms with Crippen LogP contribution in [-0.4, -0.2) is 49.1 Å². The van der Waals surface area contributed by atoms with Crippen molar-refractivity contribution in [3.8, 4) is 0 Å². The molecular formula is C16H21N3O2. The number of H-pyrrole nitrogens is 1. The minimum Gasteiger partial charge on any atom is -0.447 e. The van der Waals surface area contributed by atoms with Crippen molar-refractivity contribution in [2.24, 2.45) is 0 Å². The van der Waals surface area contributed by atoms with Gasteiger partial charge in [0.1, 0.15) is 6.61 Å². The lowest BCUT2D eigenvalue weighted by Crippen LogP contribution is -2.28. The molecule has 0 spiro atoms. The van der Waals surface area contributed by atoms with Gasteiger partial charge in [-0.05, 0) is 49.9 Å². The molecule has 0 bridgehead atoms. The van der Waals surface area contributed by atoms with Crippen molar-refractivity contribution in [1.82, 2.24) is 15.2 Å². The smallest absolute Gasteiger partial charge is 0.407 e. The van der Waals surface area contributed by atoms with Crippen molar-refractivity contribution >= 4 is 17.0 Å². The van der Waals surface area contributed by atoms with Crippen LogP contribution in [0.15, 0.2) is 24.3 Å². The molecule has 1 aliphatic rings. The lowest BCUT2D eigenvalue weighted by atomic mass is 10.0. The predicted octanol–water partition coefficient (Wildman–Crippen LogP) is 1.92. The lowest BCUT2D eigenvalue weighted by Gasteiger charge is -2.09. The molecule has 1 atom stereocenters. The van der Waals surface area contributed by atoms with Crippen molar-refractivity contribution in [2.75, 3.05) is 27.1 Å². The maximum absolute atomic E-state index is 11.5. The van der Waals surface area contributed by atoms with Gasteiger partial charge >= 0.3 is 6.09 Å². The zero-order valence-corrected chi connectivity index (χ0v) is 10.5. The summed E-state index contributed by atoms with van der Waals surface area (Å²) >= 11 is 0. The van der Waals surface area contributed by atoms with Crippen molar-refractivity contribution in [3.05, 3.63) is 35.4 Å². The molecule has 5 heteroatoms. The Balaban J connectivity index is 2.41. The number of carbonyl (C=O) groups is 1. The van der Waals surface area contributed by atoms with Crippen molar-refractivity contribution in [3.63, 3.8) is 0 Å². The number of aromatic amines is 1. The number of hydrogen-bond donors (Lipinski definition) is 2. The number of ether oxygens (including phenoxy) is 1.